The van der Waals surface area contributed by atoms with Crippen molar-refractivity contribution in [1.82, 2.24) is 0 Å². The number of thiol groups is 1. The van der Waals surface area contributed by atoms with E-state index in [1.165, 1.54) is 6.07 Å². The van der Waals surface area contributed by atoms with Gasteiger partial charge in [0.1, 0.15) is 12.0 Å². The van der Waals surface area contributed by atoms with E-state index in [-0.39, 0.29) is 35.3 Å². The third-order valence-electron chi connectivity index (χ3n) is 1.14. The Balaban J connectivity index is 0.000001000. The minimum Gasteiger partial charge on any atom is -0.507 e. The zero-order valence-corrected chi connectivity index (χ0v) is 9.01. The molecule has 0 aliphatic heterocycles. The summed E-state index contributed by atoms with van der Waals surface area (Å²) in [5, 5.41) is 9.00. The minimum absolute atomic E-state index is 0. The summed E-state index contributed by atoms with van der Waals surface area (Å²) in [5.74, 6) is 0.0351. The third kappa shape index (κ3) is 2.87. The quantitative estimate of drug-likeness (QED) is 0.383. The maximum Gasteiger partial charge on any atom is 0.150 e. The van der Waals surface area contributed by atoms with Crippen LogP contribution >= 0.6 is 12.6 Å². The summed E-state index contributed by atoms with van der Waals surface area (Å²) in [6, 6.07) is 4.53. The fourth-order valence-corrected chi connectivity index (χ4v) is 0.753. The van der Waals surface area contributed by atoms with E-state index in [1.807, 2.05) is 0 Å². The third-order valence-corrected chi connectivity index (χ3v) is 1.51. The molecular formula is C7H6NaO2S. The molecule has 1 rings (SSSR count). The van der Waals surface area contributed by atoms with E-state index in [0.29, 0.717) is 16.7 Å². The van der Waals surface area contributed by atoms with Crippen LogP contribution in [0, 0.1) is 0 Å². The van der Waals surface area contributed by atoms with Gasteiger partial charge in [-0.1, -0.05) is 6.07 Å². The van der Waals surface area contributed by atoms with Gasteiger partial charge in [0.2, 0.25) is 0 Å². The van der Waals surface area contributed by atoms with Gasteiger partial charge in [0.05, 0.1) is 0 Å². The van der Waals surface area contributed by atoms with Crippen molar-refractivity contribution in [3.05, 3.63) is 23.8 Å². The van der Waals surface area contributed by atoms with Gasteiger partial charge in [0.15, 0.2) is 0 Å². The van der Waals surface area contributed by atoms with Crippen molar-refractivity contribution in [2.75, 3.05) is 0 Å². The van der Waals surface area contributed by atoms with Crippen LogP contribution in [0.4, 0.5) is 0 Å². The molecule has 0 spiro atoms. The van der Waals surface area contributed by atoms with Crippen LogP contribution in [0.2, 0.25) is 0 Å². The Bertz CT molecular complexity index is 263. The minimum atomic E-state index is 0. The van der Waals surface area contributed by atoms with E-state index in [0.717, 1.165) is 0 Å². The van der Waals surface area contributed by atoms with Crippen molar-refractivity contribution in [1.29, 1.82) is 0 Å². The van der Waals surface area contributed by atoms with Crippen LogP contribution in [-0.4, -0.2) is 40.9 Å². The van der Waals surface area contributed by atoms with Gasteiger partial charge in [-0.2, -0.15) is 0 Å². The first-order valence-electron chi connectivity index (χ1n) is 2.71. The standard InChI is InChI=1S/C7H6O2S.Na/c8-4-5-1-2-7(10)6(9)3-5;/h1-4,9-10H;. The molecule has 0 aliphatic rings. The molecule has 0 bridgehead atoms. The second kappa shape index (κ2) is 4.83. The maximum absolute atomic E-state index is 10.1. The second-order valence-corrected chi connectivity index (χ2v) is 2.35. The molecule has 11 heavy (non-hydrogen) atoms. The number of hydrogen-bond acceptors (Lipinski definition) is 3. The van der Waals surface area contributed by atoms with Gasteiger partial charge in [-0.15, -0.1) is 12.6 Å². The molecule has 0 aliphatic carbocycles. The Hall–Kier alpha value is 0.0400. The molecule has 0 unspecified atom stereocenters. The fraction of sp³-hybridized carbons (Fsp3) is 0. The van der Waals surface area contributed by atoms with Gasteiger partial charge < -0.3 is 5.11 Å². The number of phenols is 1. The van der Waals surface area contributed by atoms with Gasteiger partial charge in [0, 0.05) is 40.0 Å². The Morgan fingerprint density at radius 3 is 2.55 bits per heavy atom. The predicted molar refractivity (Wildman–Crippen MR) is 46.5 cm³/mol. The maximum atomic E-state index is 10.1. The first-order valence-corrected chi connectivity index (χ1v) is 3.16. The Morgan fingerprint density at radius 2 is 2.09 bits per heavy atom. The van der Waals surface area contributed by atoms with Crippen LogP contribution in [0.5, 0.6) is 5.75 Å². The molecule has 1 N–H and O–H groups in total. The van der Waals surface area contributed by atoms with Crippen LogP contribution in [0.3, 0.4) is 0 Å². The summed E-state index contributed by atoms with van der Waals surface area (Å²) in [5.41, 5.74) is 0.454. The van der Waals surface area contributed by atoms with Crippen molar-refractivity contribution in [3.8, 4) is 5.75 Å². The average molecular weight is 177 g/mol. The Labute approximate surface area is 92.3 Å². The number of phenolic OH excluding ortho intramolecular Hbond substituents is 1. The van der Waals surface area contributed by atoms with Crippen LogP contribution < -0.4 is 0 Å². The van der Waals surface area contributed by atoms with Crippen LogP contribution in [0.25, 0.3) is 0 Å². The van der Waals surface area contributed by atoms with Crippen molar-refractivity contribution in [2.24, 2.45) is 0 Å². The molecule has 1 aromatic rings. The molecule has 0 amide bonds. The van der Waals surface area contributed by atoms with Crippen molar-refractivity contribution in [3.63, 3.8) is 0 Å². The molecule has 53 valence electrons. The Morgan fingerprint density at radius 1 is 1.45 bits per heavy atom. The molecule has 1 aromatic carbocycles. The number of aldehydes is 1. The molecule has 0 heterocycles. The van der Waals surface area contributed by atoms with E-state index in [4.69, 9.17) is 5.11 Å². The molecule has 0 saturated carbocycles. The molecule has 0 atom stereocenters. The van der Waals surface area contributed by atoms with Gasteiger partial charge in [-0.3, -0.25) is 4.79 Å². The SMILES string of the molecule is O=Cc1ccc(S)c(O)c1.[Na]. The largest absolute Gasteiger partial charge is 0.507 e. The topological polar surface area (TPSA) is 37.3 Å². The smallest absolute Gasteiger partial charge is 0.150 e. The van der Waals surface area contributed by atoms with E-state index < -0.39 is 0 Å². The van der Waals surface area contributed by atoms with Gasteiger partial charge in [0.25, 0.3) is 0 Å². The summed E-state index contributed by atoms with van der Waals surface area (Å²) < 4.78 is 0. The van der Waals surface area contributed by atoms with Crippen LogP contribution in [0.15, 0.2) is 23.1 Å². The fourth-order valence-electron chi connectivity index (χ4n) is 0.614. The molecule has 2 nitrogen and oxygen atoms in total. The monoisotopic (exact) mass is 177 g/mol. The molecule has 1 radical (unpaired) electrons. The van der Waals surface area contributed by atoms with E-state index in [2.05, 4.69) is 12.6 Å². The molecule has 0 aromatic heterocycles. The summed E-state index contributed by atoms with van der Waals surface area (Å²) in [4.78, 5) is 10.6. The van der Waals surface area contributed by atoms with Crippen molar-refractivity contribution >= 4 is 48.5 Å². The number of rotatable bonds is 1. The van der Waals surface area contributed by atoms with Crippen molar-refractivity contribution < 1.29 is 9.90 Å². The van der Waals surface area contributed by atoms with Gasteiger partial charge in [-0.05, 0) is 12.1 Å². The zero-order chi connectivity index (χ0) is 7.56. The number of carbonyl (C=O) groups excluding carboxylic acids is 1. The number of aromatic hydroxyl groups is 1. The number of hydrogen-bond donors (Lipinski definition) is 2. The average Bonchev–Trinajstić information content (AvgIpc) is 1.95. The van der Waals surface area contributed by atoms with Crippen LogP contribution in [0.1, 0.15) is 10.4 Å². The van der Waals surface area contributed by atoms with E-state index in [9.17, 15) is 4.79 Å². The molecule has 0 saturated heterocycles. The van der Waals surface area contributed by atoms with Crippen molar-refractivity contribution in [2.45, 2.75) is 4.90 Å². The zero-order valence-electron chi connectivity index (χ0n) is 6.11. The molecule has 4 heteroatoms. The van der Waals surface area contributed by atoms with E-state index in [1.54, 1.807) is 12.1 Å². The summed E-state index contributed by atoms with van der Waals surface area (Å²) in [6.07, 6.45) is 0.674. The molecule has 0 fully saturated rings. The summed E-state index contributed by atoms with van der Waals surface area (Å²) in [6.45, 7) is 0. The summed E-state index contributed by atoms with van der Waals surface area (Å²) >= 11 is 3.92. The van der Waals surface area contributed by atoms with Gasteiger partial charge in [-0.25, -0.2) is 0 Å². The van der Waals surface area contributed by atoms with Gasteiger partial charge >= 0.3 is 0 Å². The summed E-state index contributed by atoms with van der Waals surface area (Å²) in [7, 11) is 0. The predicted octanol–water partition coefficient (Wildman–Crippen LogP) is 1.11. The Kier molecular flexibility index (Phi) is 4.84. The van der Waals surface area contributed by atoms with Crippen LogP contribution in [-0.2, 0) is 0 Å². The second-order valence-electron chi connectivity index (χ2n) is 1.87. The first-order chi connectivity index (χ1) is 4.74. The normalized spacial score (nSPS) is 8.45. The molecular weight excluding hydrogens is 171 g/mol. The first kappa shape index (κ1) is 11.0. The number of carbonyl (C=O) groups is 1. The number of benzene rings is 1. The van der Waals surface area contributed by atoms with E-state index >= 15 is 0 Å².